The summed E-state index contributed by atoms with van der Waals surface area (Å²) in [6.45, 7) is 3.34. The second-order valence-electron chi connectivity index (χ2n) is 3.37. The molecule has 0 aromatic rings. The lowest BCUT2D eigenvalue weighted by atomic mass is 10.2. The molecule has 0 bridgehead atoms. The molecule has 15 heavy (non-hydrogen) atoms. The third-order valence-corrected chi connectivity index (χ3v) is 2.24. The summed E-state index contributed by atoms with van der Waals surface area (Å²) < 4.78 is 5.20. The first-order valence-corrected chi connectivity index (χ1v) is 5.00. The third kappa shape index (κ3) is 3.49. The number of hydrogen-bond acceptors (Lipinski definition) is 4. The monoisotopic (exact) mass is 216 g/mol. The Morgan fingerprint density at radius 2 is 2.40 bits per heavy atom. The quantitative estimate of drug-likeness (QED) is 0.558. The van der Waals surface area contributed by atoms with Crippen molar-refractivity contribution in [2.75, 3.05) is 19.7 Å². The van der Waals surface area contributed by atoms with Crippen molar-refractivity contribution in [2.24, 2.45) is 0 Å². The van der Waals surface area contributed by atoms with Gasteiger partial charge in [-0.05, 0) is 6.42 Å². The molecule has 3 N–H and O–H groups in total. The molecule has 2 atom stereocenters. The molecule has 1 aliphatic heterocycles. The Bertz CT molecular complexity index is 238. The van der Waals surface area contributed by atoms with E-state index in [1.165, 1.54) is 0 Å². The molecule has 1 saturated heterocycles. The van der Waals surface area contributed by atoms with Gasteiger partial charge in [-0.25, -0.2) is 4.79 Å². The highest BCUT2D eigenvalue weighted by Crippen LogP contribution is 1.98. The fourth-order valence-corrected chi connectivity index (χ4v) is 1.34. The van der Waals surface area contributed by atoms with Gasteiger partial charge in [-0.3, -0.25) is 4.79 Å². The predicted octanol–water partition coefficient (Wildman–Crippen LogP) is -1.05. The summed E-state index contributed by atoms with van der Waals surface area (Å²) >= 11 is 0. The number of rotatable bonds is 4. The molecule has 1 heterocycles. The van der Waals surface area contributed by atoms with Crippen LogP contribution in [-0.2, 0) is 14.3 Å². The van der Waals surface area contributed by atoms with Gasteiger partial charge in [-0.2, -0.15) is 0 Å². The molecule has 86 valence electrons. The molecule has 1 unspecified atom stereocenters. The molecule has 0 spiro atoms. The number of morpholine rings is 1. The van der Waals surface area contributed by atoms with Crippen molar-refractivity contribution in [1.29, 1.82) is 0 Å². The topological polar surface area (TPSA) is 87.7 Å². The summed E-state index contributed by atoms with van der Waals surface area (Å²) in [7, 11) is 0. The van der Waals surface area contributed by atoms with E-state index in [1.807, 2.05) is 0 Å². The summed E-state index contributed by atoms with van der Waals surface area (Å²) in [5.41, 5.74) is 0. The van der Waals surface area contributed by atoms with E-state index >= 15 is 0 Å². The van der Waals surface area contributed by atoms with E-state index in [0.717, 1.165) is 6.54 Å². The molecule has 1 aliphatic rings. The molecule has 0 aliphatic carbocycles. The summed E-state index contributed by atoms with van der Waals surface area (Å²) in [5.74, 6) is -1.38. The number of aliphatic carboxylic acids is 1. The first-order chi connectivity index (χ1) is 7.15. The minimum atomic E-state index is -1.02. The van der Waals surface area contributed by atoms with E-state index < -0.39 is 18.1 Å². The van der Waals surface area contributed by atoms with Gasteiger partial charge in [0.05, 0.1) is 6.61 Å². The lowest BCUT2D eigenvalue weighted by Gasteiger charge is -2.24. The minimum absolute atomic E-state index is 0.362. The van der Waals surface area contributed by atoms with Gasteiger partial charge in [0.25, 0.3) is 5.91 Å². The van der Waals surface area contributed by atoms with Crippen molar-refractivity contribution < 1.29 is 19.4 Å². The number of ether oxygens (including phenoxy) is 1. The molecule has 6 nitrogen and oxygen atoms in total. The van der Waals surface area contributed by atoms with Crippen LogP contribution in [0.15, 0.2) is 0 Å². The van der Waals surface area contributed by atoms with E-state index in [1.54, 1.807) is 6.92 Å². The van der Waals surface area contributed by atoms with Crippen LogP contribution in [-0.4, -0.2) is 48.8 Å². The second kappa shape index (κ2) is 5.67. The lowest BCUT2D eigenvalue weighted by Crippen LogP contribution is -2.51. The van der Waals surface area contributed by atoms with E-state index in [0.29, 0.717) is 19.6 Å². The average molecular weight is 216 g/mol. The van der Waals surface area contributed by atoms with Crippen molar-refractivity contribution in [3.8, 4) is 0 Å². The fourth-order valence-electron chi connectivity index (χ4n) is 1.34. The molecule has 0 aromatic carbocycles. The number of amides is 1. The van der Waals surface area contributed by atoms with Gasteiger partial charge in [0.15, 0.2) is 0 Å². The largest absolute Gasteiger partial charge is 0.480 e. The zero-order chi connectivity index (χ0) is 11.3. The molecule has 6 heteroatoms. The van der Waals surface area contributed by atoms with Crippen LogP contribution in [0.2, 0.25) is 0 Å². The van der Waals surface area contributed by atoms with Gasteiger partial charge in [-0.15, -0.1) is 0 Å². The van der Waals surface area contributed by atoms with Gasteiger partial charge in [0.1, 0.15) is 12.1 Å². The molecule has 1 fully saturated rings. The van der Waals surface area contributed by atoms with Gasteiger partial charge >= 0.3 is 5.97 Å². The summed E-state index contributed by atoms with van der Waals surface area (Å²) in [5, 5.41) is 14.2. The Kier molecular flexibility index (Phi) is 4.51. The number of carboxylic acids is 1. The highest BCUT2D eigenvalue weighted by atomic mass is 16.5. The maximum Gasteiger partial charge on any atom is 0.326 e. The van der Waals surface area contributed by atoms with Crippen LogP contribution >= 0.6 is 0 Å². The van der Waals surface area contributed by atoms with Crippen LogP contribution in [0, 0.1) is 0 Å². The number of carbonyl (C=O) groups excluding carboxylic acids is 1. The lowest BCUT2D eigenvalue weighted by molar-refractivity contribution is -0.145. The molecule has 0 aromatic heterocycles. The van der Waals surface area contributed by atoms with Crippen LogP contribution in [0.5, 0.6) is 0 Å². The zero-order valence-electron chi connectivity index (χ0n) is 8.66. The van der Waals surface area contributed by atoms with Crippen molar-refractivity contribution in [3.05, 3.63) is 0 Å². The van der Waals surface area contributed by atoms with Gasteiger partial charge in [-0.1, -0.05) is 6.92 Å². The third-order valence-electron chi connectivity index (χ3n) is 2.24. The minimum Gasteiger partial charge on any atom is -0.480 e. The van der Waals surface area contributed by atoms with Gasteiger partial charge < -0.3 is 20.5 Å². The Morgan fingerprint density at radius 3 is 2.87 bits per heavy atom. The molecule has 0 saturated carbocycles. The first-order valence-electron chi connectivity index (χ1n) is 5.00. The van der Waals surface area contributed by atoms with Crippen molar-refractivity contribution in [3.63, 3.8) is 0 Å². The SMILES string of the molecule is CC[C@H](NC(=O)C1CNCCO1)C(=O)O. The standard InChI is InChI=1S/C9H16N2O4/c1-2-6(9(13)14)11-8(12)7-5-10-3-4-15-7/h6-7,10H,2-5H2,1H3,(H,11,12)(H,13,14)/t6-,7?/m0/s1. The number of carbonyl (C=O) groups is 2. The van der Waals surface area contributed by atoms with Crippen molar-refractivity contribution >= 4 is 11.9 Å². The molecule has 0 radical (unpaired) electrons. The van der Waals surface area contributed by atoms with Crippen molar-refractivity contribution in [2.45, 2.75) is 25.5 Å². The maximum absolute atomic E-state index is 11.5. The van der Waals surface area contributed by atoms with Crippen LogP contribution in [0.1, 0.15) is 13.3 Å². The summed E-state index contributed by atoms with van der Waals surface area (Å²) in [4.78, 5) is 22.2. The molecule has 1 rings (SSSR count). The number of nitrogens with one attached hydrogen (secondary N) is 2. The number of carboxylic acid groups (broad SMARTS) is 1. The summed E-state index contributed by atoms with van der Waals surface area (Å²) in [6.07, 6.45) is -0.214. The van der Waals surface area contributed by atoms with Crippen LogP contribution < -0.4 is 10.6 Å². The smallest absolute Gasteiger partial charge is 0.326 e. The Balaban J connectivity index is 2.42. The first kappa shape index (κ1) is 11.9. The second-order valence-corrected chi connectivity index (χ2v) is 3.37. The van der Waals surface area contributed by atoms with Gasteiger partial charge in [0, 0.05) is 13.1 Å². The normalized spacial score (nSPS) is 23.1. The average Bonchev–Trinajstić information content (AvgIpc) is 2.26. The van der Waals surface area contributed by atoms with Crippen LogP contribution in [0.25, 0.3) is 0 Å². The van der Waals surface area contributed by atoms with Crippen LogP contribution in [0.4, 0.5) is 0 Å². The molecular weight excluding hydrogens is 200 g/mol. The molecular formula is C9H16N2O4. The number of hydrogen-bond donors (Lipinski definition) is 3. The Morgan fingerprint density at radius 1 is 1.67 bits per heavy atom. The van der Waals surface area contributed by atoms with E-state index in [4.69, 9.17) is 9.84 Å². The highest BCUT2D eigenvalue weighted by Gasteiger charge is 2.25. The summed E-state index contributed by atoms with van der Waals surface area (Å²) in [6, 6.07) is -0.831. The van der Waals surface area contributed by atoms with Crippen molar-refractivity contribution in [1.82, 2.24) is 10.6 Å². The maximum atomic E-state index is 11.5. The van der Waals surface area contributed by atoms with Gasteiger partial charge in [0.2, 0.25) is 0 Å². The molecule has 1 amide bonds. The van der Waals surface area contributed by atoms with Crippen LogP contribution in [0.3, 0.4) is 0 Å². The predicted molar refractivity (Wildman–Crippen MR) is 52.5 cm³/mol. The van der Waals surface area contributed by atoms with E-state index in [-0.39, 0.29) is 5.91 Å². The Hall–Kier alpha value is -1.14. The zero-order valence-corrected chi connectivity index (χ0v) is 8.66. The highest BCUT2D eigenvalue weighted by molar-refractivity contribution is 5.86. The fraction of sp³-hybridized carbons (Fsp3) is 0.778. The van der Waals surface area contributed by atoms with E-state index in [2.05, 4.69) is 10.6 Å². The Labute approximate surface area is 88.0 Å². The van der Waals surface area contributed by atoms with E-state index in [9.17, 15) is 9.59 Å².